The summed E-state index contributed by atoms with van der Waals surface area (Å²) >= 11 is 1.22. The molecule has 3 atom stereocenters. The van der Waals surface area contributed by atoms with Crippen molar-refractivity contribution in [2.75, 3.05) is 19.8 Å². The first-order valence-electron chi connectivity index (χ1n) is 9.52. The van der Waals surface area contributed by atoms with E-state index in [2.05, 4.69) is 15.3 Å². The van der Waals surface area contributed by atoms with Crippen molar-refractivity contribution in [3.05, 3.63) is 21.4 Å². The molecule has 12 nitrogen and oxygen atoms in total. The van der Waals surface area contributed by atoms with Crippen LogP contribution in [0.3, 0.4) is 0 Å². The maximum absolute atomic E-state index is 12.8. The minimum Gasteiger partial charge on any atom is -0.464 e. The lowest BCUT2D eigenvalue weighted by atomic mass is 9.98. The summed E-state index contributed by atoms with van der Waals surface area (Å²) < 4.78 is 15.4. The largest absolute Gasteiger partial charge is 0.464 e. The zero-order chi connectivity index (χ0) is 23.2. The molecule has 0 aromatic rings. The van der Waals surface area contributed by atoms with E-state index < -0.39 is 47.0 Å². The van der Waals surface area contributed by atoms with Gasteiger partial charge in [0.15, 0.2) is 6.04 Å². The van der Waals surface area contributed by atoms with Gasteiger partial charge in [-0.15, -0.1) is 11.8 Å². The van der Waals surface area contributed by atoms with E-state index in [0.717, 1.165) is 0 Å². The molecule has 1 N–H and O–H groups in total. The molecule has 1 fully saturated rings. The quantitative estimate of drug-likeness (QED) is 0.110. The molecular weight excluding hydrogens is 430 g/mol. The monoisotopic (exact) mass is 455 g/mol. The standard InChI is InChI=1S/C18H25N5O7S/c1-10(24)29-8-11-9-31-15-12(21-17(27)30-18(2,3)4)14(25)23(15)13(11)16(26)28-7-5-6-20-22-19/h9,12-13,15H,5-8H2,1-4H3,(H,21,27)/t12-,13?,15-/m1/s1. The average molecular weight is 455 g/mol. The fourth-order valence-corrected chi connectivity index (χ4v) is 4.08. The van der Waals surface area contributed by atoms with Gasteiger partial charge in [0.25, 0.3) is 0 Å². The molecule has 170 valence electrons. The van der Waals surface area contributed by atoms with E-state index in [1.54, 1.807) is 26.2 Å². The molecule has 31 heavy (non-hydrogen) atoms. The molecule has 0 spiro atoms. The Bertz CT molecular complexity index is 819. The molecular formula is C18H25N5O7S. The summed E-state index contributed by atoms with van der Waals surface area (Å²) in [6.07, 6.45) is -0.418. The molecule has 2 aliphatic heterocycles. The SMILES string of the molecule is CC(=O)OCC1=CS[C@@H]2[C@H](NC(=O)OC(C)(C)C)C(=O)N2C1C(=O)OCCCN=[N+]=[N-]. The number of nitrogens with zero attached hydrogens (tertiary/aromatic N) is 4. The van der Waals surface area contributed by atoms with E-state index in [0.29, 0.717) is 12.0 Å². The lowest BCUT2D eigenvalue weighted by Gasteiger charge is -2.51. The van der Waals surface area contributed by atoms with Crippen LogP contribution in [0.25, 0.3) is 10.4 Å². The number of carbonyl (C=O) groups is 4. The number of β-lactam (4-membered cyclic amide) rings is 1. The van der Waals surface area contributed by atoms with Crippen LogP contribution in [0.5, 0.6) is 0 Å². The Morgan fingerprint density at radius 1 is 1.32 bits per heavy atom. The number of amides is 2. The highest BCUT2D eigenvalue weighted by Crippen LogP contribution is 2.40. The Balaban J connectivity index is 2.10. The number of thioether (sulfide) groups is 1. The predicted octanol–water partition coefficient (Wildman–Crippen LogP) is 1.85. The van der Waals surface area contributed by atoms with Gasteiger partial charge in [-0.2, -0.15) is 0 Å². The lowest BCUT2D eigenvalue weighted by Crippen LogP contribution is -2.74. The predicted molar refractivity (Wildman–Crippen MR) is 109 cm³/mol. The van der Waals surface area contributed by atoms with Gasteiger partial charge in [-0.3, -0.25) is 9.59 Å². The molecule has 0 bridgehead atoms. The normalized spacial score (nSPS) is 22.2. The van der Waals surface area contributed by atoms with Crippen LogP contribution in [0, 0.1) is 0 Å². The maximum atomic E-state index is 12.8. The molecule has 13 heteroatoms. The van der Waals surface area contributed by atoms with Crippen molar-refractivity contribution < 1.29 is 33.4 Å². The van der Waals surface area contributed by atoms with Crippen LogP contribution in [0.1, 0.15) is 34.1 Å². The van der Waals surface area contributed by atoms with E-state index in [4.69, 9.17) is 19.7 Å². The number of rotatable bonds is 8. The van der Waals surface area contributed by atoms with E-state index in [-0.39, 0.29) is 19.8 Å². The van der Waals surface area contributed by atoms with Gasteiger partial charge in [-0.25, -0.2) is 9.59 Å². The Kier molecular flexibility index (Phi) is 8.17. The topological polar surface area (TPSA) is 160 Å². The van der Waals surface area contributed by atoms with E-state index >= 15 is 0 Å². The van der Waals surface area contributed by atoms with E-state index in [1.165, 1.54) is 23.6 Å². The van der Waals surface area contributed by atoms with Crippen LogP contribution < -0.4 is 5.32 Å². The smallest absolute Gasteiger partial charge is 0.408 e. The van der Waals surface area contributed by atoms with Crippen LogP contribution >= 0.6 is 11.8 Å². The zero-order valence-corrected chi connectivity index (χ0v) is 18.5. The van der Waals surface area contributed by atoms with Gasteiger partial charge in [-0.1, -0.05) is 5.11 Å². The molecule has 0 aliphatic carbocycles. The summed E-state index contributed by atoms with van der Waals surface area (Å²) in [6, 6.07) is -1.96. The van der Waals surface area contributed by atoms with Crippen molar-refractivity contribution >= 4 is 35.7 Å². The van der Waals surface area contributed by atoms with Crippen LogP contribution in [0.15, 0.2) is 16.1 Å². The number of carbonyl (C=O) groups excluding carboxylic acids is 4. The summed E-state index contributed by atoms with van der Waals surface area (Å²) in [4.78, 5) is 52.6. The Morgan fingerprint density at radius 2 is 2.03 bits per heavy atom. The van der Waals surface area contributed by atoms with Crippen molar-refractivity contribution in [2.45, 2.75) is 57.2 Å². The minimum atomic E-state index is -1.09. The van der Waals surface area contributed by atoms with Gasteiger partial charge in [0.2, 0.25) is 5.91 Å². The number of nitrogens with one attached hydrogen (secondary N) is 1. The first kappa shape index (κ1) is 24.4. The molecule has 2 rings (SSSR count). The fraction of sp³-hybridized carbons (Fsp3) is 0.667. The van der Waals surface area contributed by atoms with Crippen LogP contribution in [-0.4, -0.2) is 71.7 Å². The van der Waals surface area contributed by atoms with Crippen molar-refractivity contribution in [3.63, 3.8) is 0 Å². The summed E-state index contributed by atoms with van der Waals surface area (Å²) in [5.41, 5.74) is 7.95. The number of azide groups is 1. The molecule has 2 heterocycles. The first-order chi connectivity index (χ1) is 14.5. The molecule has 0 aromatic heterocycles. The van der Waals surface area contributed by atoms with Crippen molar-refractivity contribution in [2.24, 2.45) is 5.11 Å². The molecule has 2 aliphatic rings. The highest BCUT2D eigenvalue weighted by molar-refractivity contribution is 8.02. The van der Waals surface area contributed by atoms with E-state index in [9.17, 15) is 19.2 Å². The number of fused-ring (bicyclic) bond motifs is 1. The number of hydrogen-bond donors (Lipinski definition) is 1. The van der Waals surface area contributed by atoms with Gasteiger partial charge >= 0.3 is 18.0 Å². The number of ether oxygens (including phenoxy) is 3. The van der Waals surface area contributed by atoms with Crippen molar-refractivity contribution in [3.8, 4) is 0 Å². The third-order valence-corrected chi connectivity index (χ3v) is 5.33. The third kappa shape index (κ3) is 6.53. The number of alkyl carbamates (subject to hydrolysis) is 1. The van der Waals surface area contributed by atoms with Gasteiger partial charge < -0.3 is 24.4 Å². The maximum Gasteiger partial charge on any atom is 0.408 e. The van der Waals surface area contributed by atoms with Crippen molar-refractivity contribution in [1.82, 2.24) is 10.2 Å². The summed E-state index contributed by atoms with van der Waals surface area (Å²) in [7, 11) is 0. The van der Waals surface area contributed by atoms with Gasteiger partial charge in [0, 0.05) is 24.0 Å². The second kappa shape index (κ2) is 10.4. The van der Waals surface area contributed by atoms with Crippen LogP contribution in [0.2, 0.25) is 0 Å². The summed E-state index contributed by atoms with van der Waals surface area (Å²) in [5, 5.41) is 6.98. The Morgan fingerprint density at radius 3 is 2.65 bits per heavy atom. The van der Waals surface area contributed by atoms with Gasteiger partial charge in [-0.05, 0) is 38.1 Å². The molecule has 1 unspecified atom stereocenters. The van der Waals surface area contributed by atoms with Crippen LogP contribution in [0.4, 0.5) is 4.79 Å². The Labute approximate surface area is 183 Å². The summed E-state index contributed by atoms with van der Waals surface area (Å²) in [5.74, 6) is -1.71. The number of hydrogen-bond acceptors (Lipinski definition) is 9. The minimum absolute atomic E-state index is 0.00533. The lowest BCUT2D eigenvalue weighted by molar-refractivity contribution is -0.163. The molecule has 0 radical (unpaired) electrons. The fourth-order valence-electron chi connectivity index (χ4n) is 2.87. The van der Waals surface area contributed by atoms with Crippen LogP contribution in [-0.2, 0) is 28.6 Å². The van der Waals surface area contributed by atoms with E-state index in [1.807, 2.05) is 0 Å². The second-order valence-electron chi connectivity index (χ2n) is 7.75. The van der Waals surface area contributed by atoms with Gasteiger partial charge in [0.1, 0.15) is 23.6 Å². The van der Waals surface area contributed by atoms with Gasteiger partial charge in [0.05, 0.1) is 6.61 Å². The zero-order valence-electron chi connectivity index (χ0n) is 17.7. The highest BCUT2D eigenvalue weighted by atomic mass is 32.2. The Hall–Kier alpha value is -2.92. The molecule has 1 saturated heterocycles. The van der Waals surface area contributed by atoms with Crippen molar-refractivity contribution in [1.29, 1.82) is 0 Å². The first-order valence-corrected chi connectivity index (χ1v) is 10.5. The average Bonchev–Trinajstić information content (AvgIpc) is 2.67. The molecule has 0 saturated carbocycles. The highest BCUT2D eigenvalue weighted by Gasteiger charge is 2.56. The second-order valence-corrected chi connectivity index (χ2v) is 8.74. The number of esters is 2. The summed E-state index contributed by atoms with van der Waals surface area (Å²) in [6.45, 7) is 6.32. The third-order valence-electron chi connectivity index (χ3n) is 4.12. The molecule has 2 amide bonds. The molecule has 0 aromatic carbocycles.